The molecule has 0 radical (unpaired) electrons. The lowest BCUT2D eigenvalue weighted by Gasteiger charge is -2.26. The molecule has 0 fully saturated rings. The number of benzene rings is 2. The van der Waals surface area contributed by atoms with E-state index in [0.29, 0.717) is 16.8 Å². The highest BCUT2D eigenvalue weighted by atomic mass is 32.2. The first kappa shape index (κ1) is 41.0. The number of ketones is 1. The summed E-state index contributed by atoms with van der Waals surface area (Å²) in [5.41, 5.74) is 1.72. The third-order valence-electron chi connectivity index (χ3n) is 8.06. The molecule has 0 unspecified atom stereocenters. The molecule has 1 heterocycles. The summed E-state index contributed by atoms with van der Waals surface area (Å²) in [5.74, 6) is -8.60. The number of nitrogens with zero attached hydrogens (tertiary/aromatic N) is 1. The third kappa shape index (κ3) is 14.1. The zero-order valence-corrected chi connectivity index (χ0v) is 29.9. The lowest BCUT2D eigenvalue weighted by atomic mass is 9.86. The van der Waals surface area contributed by atoms with E-state index in [1.54, 1.807) is 68.4 Å². The fraction of sp³-hybridized carbons (Fsp3) is 0.378. The molecule has 0 aliphatic carbocycles. The topological polar surface area (TPSA) is 223 Å². The van der Waals surface area contributed by atoms with Crippen LogP contribution in [0.25, 0.3) is 10.9 Å². The number of rotatable bonds is 20. The number of carboxylic acids is 2. The van der Waals surface area contributed by atoms with Crippen molar-refractivity contribution in [2.75, 3.05) is 6.26 Å². The van der Waals surface area contributed by atoms with Crippen molar-refractivity contribution in [3.63, 3.8) is 0 Å². The maximum Gasteiger partial charge on any atom is 0.306 e. The standard InChI is InChI=1S/C37H43N3O11S/c1-23(2)29(37(48)39-28(20-34(44)45)15-16-52(3,49)50)21-32(41)31(19-27-14-13-25-11-7-8-12-30(25)38-27)40-36(47)26(17-33(42)43)18-35(46)51-22-24-9-5-4-6-10-24/h4-16,23,26,28-29,31H,17-22H2,1-3H3,(H,39,48)(H,40,47)(H,42,43)(H,44,45)/b16-15+/t26-,28-,29+,31+/m1/s1. The van der Waals surface area contributed by atoms with Gasteiger partial charge >= 0.3 is 17.9 Å². The highest BCUT2D eigenvalue weighted by Crippen LogP contribution is 2.21. The summed E-state index contributed by atoms with van der Waals surface area (Å²) in [6, 6.07) is 16.9. The Morgan fingerprint density at radius 1 is 0.808 bits per heavy atom. The molecule has 2 amide bonds. The lowest BCUT2D eigenvalue weighted by Crippen LogP contribution is -2.48. The third-order valence-corrected chi connectivity index (χ3v) is 8.72. The molecule has 3 rings (SSSR count). The number of carbonyl (C=O) groups is 6. The maximum absolute atomic E-state index is 14.0. The Balaban J connectivity index is 1.87. The molecule has 0 saturated carbocycles. The molecule has 14 nitrogen and oxygen atoms in total. The number of hydrogen-bond acceptors (Lipinski definition) is 10. The molecule has 1 aromatic heterocycles. The van der Waals surface area contributed by atoms with Crippen molar-refractivity contribution in [2.24, 2.45) is 17.8 Å². The normalized spacial score (nSPS) is 13.9. The predicted octanol–water partition coefficient (Wildman–Crippen LogP) is 3.24. The van der Waals surface area contributed by atoms with E-state index in [4.69, 9.17) is 4.74 Å². The van der Waals surface area contributed by atoms with Gasteiger partial charge in [-0.05, 0) is 23.6 Å². The second kappa shape index (κ2) is 19.2. The molecule has 0 saturated heterocycles. The minimum absolute atomic E-state index is 0.0914. The first-order valence-electron chi connectivity index (χ1n) is 16.5. The van der Waals surface area contributed by atoms with E-state index in [0.717, 1.165) is 23.1 Å². The molecule has 0 spiro atoms. The van der Waals surface area contributed by atoms with Gasteiger partial charge in [0.1, 0.15) is 6.61 Å². The molecule has 2 aromatic carbocycles. The van der Waals surface area contributed by atoms with Gasteiger partial charge in [0.25, 0.3) is 0 Å². The van der Waals surface area contributed by atoms with Gasteiger partial charge in [0.15, 0.2) is 15.6 Å². The van der Waals surface area contributed by atoms with Gasteiger partial charge in [0.2, 0.25) is 11.8 Å². The summed E-state index contributed by atoms with van der Waals surface area (Å²) in [6.07, 6.45) is -0.553. The van der Waals surface area contributed by atoms with Gasteiger partial charge in [-0.15, -0.1) is 0 Å². The monoisotopic (exact) mass is 737 g/mol. The van der Waals surface area contributed by atoms with Crippen LogP contribution < -0.4 is 10.6 Å². The number of ether oxygens (including phenoxy) is 1. The summed E-state index contributed by atoms with van der Waals surface area (Å²) in [7, 11) is -3.64. The number of para-hydroxylation sites is 1. The van der Waals surface area contributed by atoms with Crippen LogP contribution in [0.2, 0.25) is 0 Å². The minimum atomic E-state index is -3.64. The zero-order valence-electron chi connectivity index (χ0n) is 29.1. The van der Waals surface area contributed by atoms with Crippen molar-refractivity contribution in [1.29, 1.82) is 0 Å². The van der Waals surface area contributed by atoms with Gasteiger partial charge in [-0.25, -0.2) is 8.42 Å². The molecule has 0 aliphatic rings. The Kier molecular flexibility index (Phi) is 15.2. The highest BCUT2D eigenvalue weighted by molar-refractivity contribution is 7.93. The fourth-order valence-corrected chi connectivity index (χ4v) is 5.78. The Morgan fingerprint density at radius 2 is 1.46 bits per heavy atom. The number of pyridine rings is 1. The molecule has 15 heteroatoms. The van der Waals surface area contributed by atoms with Gasteiger partial charge < -0.3 is 25.6 Å². The summed E-state index contributed by atoms with van der Waals surface area (Å²) in [5, 5.41) is 25.6. The van der Waals surface area contributed by atoms with Crippen LogP contribution in [0.15, 0.2) is 78.2 Å². The average molecular weight is 738 g/mol. The molecule has 4 atom stereocenters. The Labute approximate surface area is 301 Å². The lowest BCUT2D eigenvalue weighted by molar-refractivity contribution is -0.150. The minimum Gasteiger partial charge on any atom is -0.481 e. The highest BCUT2D eigenvalue weighted by Gasteiger charge is 2.33. The Bertz CT molecular complexity index is 1890. The maximum atomic E-state index is 14.0. The summed E-state index contributed by atoms with van der Waals surface area (Å²) in [6.45, 7) is 3.24. The van der Waals surface area contributed by atoms with Crippen LogP contribution in [-0.4, -0.2) is 77.5 Å². The van der Waals surface area contributed by atoms with E-state index < -0.39 is 101 Å². The van der Waals surface area contributed by atoms with E-state index in [-0.39, 0.29) is 13.0 Å². The molecule has 0 bridgehead atoms. The van der Waals surface area contributed by atoms with Crippen molar-refractivity contribution in [3.8, 4) is 0 Å². The number of nitrogens with one attached hydrogen (secondary N) is 2. The second-order valence-electron chi connectivity index (χ2n) is 12.8. The number of aliphatic carboxylic acids is 2. The van der Waals surface area contributed by atoms with Gasteiger partial charge in [-0.3, -0.25) is 33.8 Å². The Morgan fingerprint density at radius 3 is 2.10 bits per heavy atom. The number of amides is 2. The van der Waals surface area contributed by atoms with Crippen molar-refractivity contribution in [1.82, 2.24) is 15.6 Å². The van der Waals surface area contributed by atoms with Gasteiger partial charge in [-0.1, -0.05) is 74.5 Å². The number of fused-ring (bicyclic) bond motifs is 1. The molecule has 4 N–H and O–H groups in total. The number of carboxylic acid groups (broad SMARTS) is 2. The van der Waals surface area contributed by atoms with Crippen LogP contribution in [0.5, 0.6) is 0 Å². The van der Waals surface area contributed by atoms with E-state index in [2.05, 4.69) is 15.6 Å². The first-order valence-corrected chi connectivity index (χ1v) is 18.5. The number of Topliss-reactive ketones (excluding diaryl/α,β-unsaturated/α-hetero) is 1. The first-order chi connectivity index (χ1) is 24.5. The SMILES string of the molecule is CC(C)[C@H](CC(=O)[C@H](Cc1ccc2ccccc2n1)NC(=O)[C@H](CC(=O)O)CC(=O)OCc1ccccc1)C(=O)N[C@H](/C=C/S(C)(=O)=O)CC(=O)O. The fourth-order valence-electron chi connectivity index (χ4n) is 5.31. The summed E-state index contributed by atoms with van der Waals surface area (Å²) >= 11 is 0. The smallest absolute Gasteiger partial charge is 0.306 e. The second-order valence-corrected chi connectivity index (χ2v) is 14.7. The Hall–Kier alpha value is -5.44. The zero-order chi connectivity index (χ0) is 38.4. The molecular formula is C37H43N3O11S. The molecular weight excluding hydrogens is 694 g/mol. The van der Waals surface area contributed by atoms with E-state index in [9.17, 15) is 47.4 Å². The average Bonchev–Trinajstić information content (AvgIpc) is 3.07. The number of sulfone groups is 1. The number of aromatic nitrogens is 1. The number of hydrogen-bond donors (Lipinski definition) is 4. The number of carbonyl (C=O) groups excluding carboxylic acids is 4. The van der Waals surface area contributed by atoms with E-state index in [1.807, 2.05) is 12.1 Å². The van der Waals surface area contributed by atoms with Crippen LogP contribution in [0.3, 0.4) is 0 Å². The molecule has 52 heavy (non-hydrogen) atoms. The van der Waals surface area contributed by atoms with Crippen molar-refractivity contribution in [2.45, 2.75) is 64.6 Å². The van der Waals surface area contributed by atoms with Crippen molar-refractivity contribution >= 4 is 56.2 Å². The predicted molar refractivity (Wildman–Crippen MR) is 190 cm³/mol. The largest absolute Gasteiger partial charge is 0.481 e. The van der Waals surface area contributed by atoms with Crippen LogP contribution in [-0.2, 0) is 56.4 Å². The van der Waals surface area contributed by atoms with Crippen LogP contribution in [0, 0.1) is 17.8 Å². The molecule has 0 aliphatic heterocycles. The van der Waals surface area contributed by atoms with E-state index >= 15 is 0 Å². The van der Waals surface area contributed by atoms with Crippen molar-refractivity contribution in [3.05, 3.63) is 89.5 Å². The quantitative estimate of drug-likeness (QED) is 0.123. The molecule has 3 aromatic rings. The van der Waals surface area contributed by atoms with Crippen LogP contribution in [0.4, 0.5) is 0 Å². The summed E-state index contributed by atoms with van der Waals surface area (Å²) in [4.78, 5) is 81.5. The summed E-state index contributed by atoms with van der Waals surface area (Å²) < 4.78 is 28.6. The molecule has 278 valence electrons. The van der Waals surface area contributed by atoms with Crippen LogP contribution >= 0.6 is 0 Å². The van der Waals surface area contributed by atoms with Gasteiger partial charge in [0, 0.05) is 41.5 Å². The van der Waals surface area contributed by atoms with Gasteiger partial charge in [0.05, 0.1) is 42.8 Å². The number of esters is 1. The van der Waals surface area contributed by atoms with Gasteiger partial charge in [-0.2, -0.15) is 0 Å². The van der Waals surface area contributed by atoms with Crippen molar-refractivity contribution < 1.29 is 52.1 Å². The van der Waals surface area contributed by atoms with Crippen LogP contribution in [0.1, 0.15) is 50.8 Å². The van der Waals surface area contributed by atoms with E-state index in [1.165, 1.54) is 0 Å².